The van der Waals surface area contributed by atoms with Crippen molar-refractivity contribution in [3.05, 3.63) is 56.7 Å². The van der Waals surface area contributed by atoms with Gasteiger partial charge in [0.1, 0.15) is 4.60 Å². The van der Waals surface area contributed by atoms with Gasteiger partial charge in [0.15, 0.2) is 0 Å². The Labute approximate surface area is 111 Å². The number of aromatic amines is 1. The van der Waals surface area contributed by atoms with Gasteiger partial charge in [-0.05, 0) is 40.5 Å². The van der Waals surface area contributed by atoms with Gasteiger partial charge in [0.05, 0.1) is 11.9 Å². The van der Waals surface area contributed by atoms with E-state index in [1.165, 1.54) is 18.3 Å². The molecule has 18 heavy (non-hydrogen) atoms. The van der Waals surface area contributed by atoms with Crippen LogP contribution in [0, 0.1) is 6.92 Å². The maximum atomic E-state index is 11.9. The molecule has 0 atom stereocenters. The molecule has 2 heterocycles. The van der Waals surface area contributed by atoms with E-state index in [1.54, 1.807) is 12.3 Å². The number of aryl methyl sites for hydroxylation is 1. The molecule has 0 aliphatic heterocycles. The summed E-state index contributed by atoms with van der Waals surface area (Å²) in [6.07, 6.45) is 2.98. The predicted molar refractivity (Wildman–Crippen MR) is 71.7 cm³/mol. The van der Waals surface area contributed by atoms with E-state index in [1.807, 2.05) is 6.92 Å². The zero-order chi connectivity index (χ0) is 13.1. The number of amides is 1. The molecule has 2 aromatic rings. The molecule has 0 aromatic carbocycles. The third-order valence-corrected chi connectivity index (χ3v) is 3.14. The van der Waals surface area contributed by atoms with E-state index in [9.17, 15) is 9.59 Å². The van der Waals surface area contributed by atoms with Gasteiger partial charge >= 0.3 is 0 Å². The van der Waals surface area contributed by atoms with Crippen LogP contribution in [0.15, 0.2) is 40.0 Å². The van der Waals surface area contributed by atoms with E-state index in [-0.39, 0.29) is 11.5 Å². The minimum atomic E-state index is -0.343. The lowest BCUT2D eigenvalue weighted by molar-refractivity contribution is 0.102. The van der Waals surface area contributed by atoms with E-state index in [2.05, 4.69) is 31.2 Å². The number of H-pyrrole nitrogens is 1. The first kappa shape index (κ1) is 12.5. The highest BCUT2D eigenvalue weighted by atomic mass is 79.9. The monoisotopic (exact) mass is 307 g/mol. The number of halogens is 1. The van der Waals surface area contributed by atoms with Crippen molar-refractivity contribution in [3.8, 4) is 0 Å². The SMILES string of the molecule is Cc1cc(NC(=O)c2cc[nH]c(=O)c2)cnc1Br. The Morgan fingerprint density at radius 2 is 2.22 bits per heavy atom. The van der Waals surface area contributed by atoms with Crippen LogP contribution in [-0.4, -0.2) is 15.9 Å². The summed E-state index contributed by atoms with van der Waals surface area (Å²) in [7, 11) is 0. The molecule has 0 saturated heterocycles. The molecular formula is C12H10BrN3O2. The quantitative estimate of drug-likeness (QED) is 0.834. The van der Waals surface area contributed by atoms with Crippen LogP contribution < -0.4 is 10.9 Å². The first-order valence-corrected chi connectivity index (χ1v) is 5.98. The van der Waals surface area contributed by atoms with Gasteiger partial charge in [-0.2, -0.15) is 0 Å². The van der Waals surface area contributed by atoms with E-state index >= 15 is 0 Å². The van der Waals surface area contributed by atoms with Gasteiger partial charge in [0.2, 0.25) is 5.56 Å². The Morgan fingerprint density at radius 1 is 1.44 bits per heavy atom. The molecule has 0 bridgehead atoms. The molecule has 2 rings (SSSR count). The van der Waals surface area contributed by atoms with Crippen LogP contribution in [0.3, 0.4) is 0 Å². The lowest BCUT2D eigenvalue weighted by Crippen LogP contribution is -2.15. The fraction of sp³-hybridized carbons (Fsp3) is 0.0833. The third kappa shape index (κ3) is 2.84. The molecule has 0 fully saturated rings. The van der Waals surface area contributed by atoms with E-state index in [4.69, 9.17) is 0 Å². The topological polar surface area (TPSA) is 74.8 Å². The second-order valence-electron chi connectivity index (χ2n) is 3.73. The summed E-state index contributed by atoms with van der Waals surface area (Å²) < 4.78 is 0.733. The molecule has 6 heteroatoms. The minimum Gasteiger partial charge on any atom is -0.329 e. The highest BCUT2D eigenvalue weighted by molar-refractivity contribution is 9.10. The molecule has 0 aliphatic carbocycles. The van der Waals surface area contributed by atoms with E-state index in [0.29, 0.717) is 11.3 Å². The second kappa shape index (κ2) is 5.14. The molecule has 0 aliphatic rings. The summed E-state index contributed by atoms with van der Waals surface area (Å²) in [5, 5.41) is 2.68. The molecule has 2 aromatic heterocycles. The Hall–Kier alpha value is -1.95. The summed E-state index contributed by atoms with van der Waals surface area (Å²) >= 11 is 3.28. The summed E-state index contributed by atoms with van der Waals surface area (Å²) in [6, 6.07) is 4.58. The molecule has 0 unspecified atom stereocenters. The van der Waals surface area contributed by atoms with Crippen LogP contribution >= 0.6 is 15.9 Å². The summed E-state index contributed by atoms with van der Waals surface area (Å²) in [6.45, 7) is 1.87. The number of carbonyl (C=O) groups is 1. The fourth-order valence-electron chi connectivity index (χ4n) is 1.42. The Kier molecular flexibility index (Phi) is 3.57. The normalized spacial score (nSPS) is 10.1. The van der Waals surface area contributed by atoms with E-state index < -0.39 is 0 Å². The zero-order valence-corrected chi connectivity index (χ0v) is 11.1. The van der Waals surface area contributed by atoms with Crippen LogP contribution in [0.2, 0.25) is 0 Å². The molecule has 2 N–H and O–H groups in total. The summed E-state index contributed by atoms with van der Waals surface area (Å²) in [5.74, 6) is -0.343. The average Bonchev–Trinajstić information content (AvgIpc) is 2.34. The molecule has 0 radical (unpaired) electrons. The zero-order valence-electron chi connectivity index (χ0n) is 9.53. The summed E-state index contributed by atoms with van der Waals surface area (Å²) in [5.41, 5.74) is 1.49. The van der Waals surface area contributed by atoms with Crippen molar-refractivity contribution in [3.63, 3.8) is 0 Å². The molecule has 0 spiro atoms. The minimum absolute atomic E-state index is 0.305. The largest absolute Gasteiger partial charge is 0.329 e. The number of pyridine rings is 2. The van der Waals surface area contributed by atoms with Crippen molar-refractivity contribution in [1.29, 1.82) is 0 Å². The van der Waals surface area contributed by atoms with Crippen LogP contribution in [0.4, 0.5) is 5.69 Å². The highest BCUT2D eigenvalue weighted by Crippen LogP contribution is 2.17. The standard InChI is InChI=1S/C12H10BrN3O2/c1-7-4-9(6-15-11(7)13)16-12(18)8-2-3-14-10(17)5-8/h2-6H,1H3,(H,14,17)(H,16,18). The predicted octanol–water partition coefficient (Wildman–Crippen LogP) is 2.09. The van der Waals surface area contributed by atoms with Crippen molar-refractivity contribution in [2.45, 2.75) is 6.92 Å². The average molecular weight is 308 g/mol. The van der Waals surface area contributed by atoms with Gasteiger partial charge < -0.3 is 10.3 Å². The van der Waals surface area contributed by atoms with Crippen molar-refractivity contribution in [2.75, 3.05) is 5.32 Å². The van der Waals surface area contributed by atoms with Crippen molar-refractivity contribution < 1.29 is 4.79 Å². The van der Waals surface area contributed by atoms with E-state index in [0.717, 1.165) is 10.2 Å². The number of rotatable bonds is 2. The number of anilines is 1. The lowest BCUT2D eigenvalue weighted by atomic mass is 10.2. The lowest BCUT2D eigenvalue weighted by Gasteiger charge is -2.06. The first-order valence-electron chi connectivity index (χ1n) is 5.18. The third-order valence-electron chi connectivity index (χ3n) is 2.31. The molecular weight excluding hydrogens is 298 g/mol. The smallest absolute Gasteiger partial charge is 0.255 e. The molecule has 1 amide bonds. The number of nitrogens with one attached hydrogen (secondary N) is 2. The number of hydrogen-bond donors (Lipinski definition) is 2. The van der Waals surface area contributed by atoms with Crippen LogP contribution in [0.1, 0.15) is 15.9 Å². The van der Waals surface area contributed by atoms with Crippen molar-refractivity contribution in [2.24, 2.45) is 0 Å². The van der Waals surface area contributed by atoms with Gasteiger partial charge in [-0.1, -0.05) is 0 Å². The fourth-order valence-corrected chi connectivity index (χ4v) is 1.63. The summed E-state index contributed by atoms with van der Waals surface area (Å²) in [4.78, 5) is 29.5. The maximum Gasteiger partial charge on any atom is 0.255 e. The number of aromatic nitrogens is 2. The Bertz CT molecular complexity index is 652. The highest BCUT2D eigenvalue weighted by Gasteiger charge is 2.07. The van der Waals surface area contributed by atoms with Crippen LogP contribution in [-0.2, 0) is 0 Å². The molecule has 5 nitrogen and oxygen atoms in total. The van der Waals surface area contributed by atoms with Crippen molar-refractivity contribution >= 4 is 27.5 Å². The second-order valence-corrected chi connectivity index (χ2v) is 4.48. The number of carbonyl (C=O) groups excluding carboxylic acids is 1. The van der Waals surface area contributed by atoms with Crippen LogP contribution in [0.25, 0.3) is 0 Å². The van der Waals surface area contributed by atoms with Gasteiger partial charge in [0, 0.05) is 17.8 Å². The Morgan fingerprint density at radius 3 is 2.89 bits per heavy atom. The molecule has 0 saturated carbocycles. The van der Waals surface area contributed by atoms with Gasteiger partial charge in [0.25, 0.3) is 5.91 Å². The van der Waals surface area contributed by atoms with Gasteiger partial charge in [-0.25, -0.2) is 4.98 Å². The Balaban J connectivity index is 2.21. The molecule has 92 valence electrons. The van der Waals surface area contributed by atoms with Gasteiger partial charge in [-0.3, -0.25) is 9.59 Å². The number of hydrogen-bond acceptors (Lipinski definition) is 3. The number of nitrogens with zero attached hydrogens (tertiary/aromatic N) is 1. The van der Waals surface area contributed by atoms with Crippen LogP contribution in [0.5, 0.6) is 0 Å². The van der Waals surface area contributed by atoms with Crippen molar-refractivity contribution in [1.82, 2.24) is 9.97 Å². The first-order chi connectivity index (χ1) is 8.56. The van der Waals surface area contributed by atoms with Gasteiger partial charge in [-0.15, -0.1) is 0 Å². The maximum absolute atomic E-state index is 11.9.